The summed E-state index contributed by atoms with van der Waals surface area (Å²) in [5.41, 5.74) is 0. The van der Waals surface area contributed by atoms with Crippen molar-refractivity contribution in [1.82, 2.24) is 4.90 Å². The Hall–Kier alpha value is -1.62. The molecule has 0 aromatic heterocycles. The van der Waals surface area contributed by atoms with E-state index in [1.54, 1.807) is 0 Å². The summed E-state index contributed by atoms with van der Waals surface area (Å²) in [6.07, 6.45) is 2.42. The second-order valence-electron chi connectivity index (χ2n) is 6.67. The van der Waals surface area contributed by atoms with E-state index in [1.807, 2.05) is 0 Å². The zero-order valence-corrected chi connectivity index (χ0v) is 14.0. The quantitative estimate of drug-likeness (QED) is 0.843. The molecule has 24 heavy (non-hydrogen) atoms. The molecule has 0 N–H and O–H groups in total. The van der Waals surface area contributed by atoms with E-state index in [9.17, 15) is 0 Å². The number of rotatable bonds is 5. The molecule has 0 saturated carbocycles. The van der Waals surface area contributed by atoms with Gasteiger partial charge in [-0.05, 0) is 42.3 Å². The number of hydrogen-bond donors (Lipinski definition) is 0. The molecule has 0 radical (unpaired) electrons. The van der Waals surface area contributed by atoms with Gasteiger partial charge in [0.15, 0.2) is 6.29 Å². The van der Waals surface area contributed by atoms with Gasteiger partial charge in [0.1, 0.15) is 12.4 Å². The summed E-state index contributed by atoms with van der Waals surface area (Å²) in [6.45, 7) is 5.35. The van der Waals surface area contributed by atoms with Crippen LogP contribution >= 0.6 is 0 Å². The van der Waals surface area contributed by atoms with Gasteiger partial charge in [0.2, 0.25) is 0 Å². The van der Waals surface area contributed by atoms with Crippen LogP contribution in [-0.4, -0.2) is 50.6 Å². The lowest BCUT2D eigenvalue weighted by Crippen LogP contribution is -2.42. The van der Waals surface area contributed by atoms with E-state index in [1.165, 1.54) is 23.6 Å². The molecule has 4 heteroatoms. The van der Waals surface area contributed by atoms with Gasteiger partial charge in [-0.3, -0.25) is 4.90 Å². The van der Waals surface area contributed by atoms with E-state index in [0.717, 1.165) is 45.2 Å². The lowest BCUT2D eigenvalue weighted by Gasteiger charge is -2.34. The van der Waals surface area contributed by atoms with Crippen molar-refractivity contribution in [3.8, 4) is 5.75 Å². The summed E-state index contributed by atoms with van der Waals surface area (Å²) in [7, 11) is 0. The maximum atomic E-state index is 5.97. The monoisotopic (exact) mass is 327 g/mol. The molecule has 0 bridgehead atoms. The Bertz CT molecular complexity index is 669. The van der Waals surface area contributed by atoms with Crippen LogP contribution in [0.3, 0.4) is 0 Å². The molecule has 1 unspecified atom stereocenters. The van der Waals surface area contributed by atoms with Crippen LogP contribution < -0.4 is 4.74 Å². The van der Waals surface area contributed by atoms with E-state index < -0.39 is 0 Å². The maximum absolute atomic E-state index is 5.97. The Labute approximate surface area is 143 Å². The van der Waals surface area contributed by atoms with Gasteiger partial charge >= 0.3 is 0 Å². The van der Waals surface area contributed by atoms with Crippen molar-refractivity contribution in [2.45, 2.75) is 19.1 Å². The molecule has 1 atom stereocenters. The van der Waals surface area contributed by atoms with Crippen LogP contribution in [0.4, 0.5) is 0 Å². The average Bonchev–Trinajstić information content (AvgIpc) is 3.17. The minimum Gasteiger partial charge on any atom is -0.492 e. The highest BCUT2D eigenvalue weighted by Gasteiger charge is 2.30. The van der Waals surface area contributed by atoms with Gasteiger partial charge in [0.25, 0.3) is 0 Å². The summed E-state index contributed by atoms with van der Waals surface area (Å²) in [6, 6.07) is 14.7. The smallest absolute Gasteiger partial charge is 0.161 e. The molecule has 0 amide bonds. The number of ether oxygens (including phenoxy) is 3. The number of piperidine rings is 1. The number of nitrogens with zero attached hydrogens (tertiary/aromatic N) is 1. The number of fused-ring (bicyclic) bond motifs is 1. The van der Waals surface area contributed by atoms with Gasteiger partial charge in [-0.25, -0.2) is 0 Å². The van der Waals surface area contributed by atoms with Crippen molar-refractivity contribution < 1.29 is 14.2 Å². The Morgan fingerprint density at radius 2 is 1.88 bits per heavy atom. The largest absolute Gasteiger partial charge is 0.492 e. The molecule has 2 aromatic rings. The van der Waals surface area contributed by atoms with Crippen molar-refractivity contribution in [2.24, 2.45) is 5.92 Å². The third-order valence-corrected chi connectivity index (χ3v) is 4.97. The predicted octanol–water partition coefficient (Wildman–Crippen LogP) is 3.30. The second-order valence-corrected chi connectivity index (χ2v) is 6.67. The van der Waals surface area contributed by atoms with Crippen molar-refractivity contribution in [2.75, 3.05) is 39.5 Å². The molecule has 128 valence electrons. The van der Waals surface area contributed by atoms with Crippen LogP contribution in [0.25, 0.3) is 10.8 Å². The third kappa shape index (κ3) is 3.72. The van der Waals surface area contributed by atoms with Gasteiger partial charge in [-0.2, -0.15) is 0 Å². The molecule has 2 aromatic carbocycles. The van der Waals surface area contributed by atoms with Gasteiger partial charge < -0.3 is 14.2 Å². The van der Waals surface area contributed by atoms with Crippen molar-refractivity contribution in [3.63, 3.8) is 0 Å². The van der Waals surface area contributed by atoms with Crippen molar-refractivity contribution >= 4 is 10.8 Å². The molecule has 2 heterocycles. The van der Waals surface area contributed by atoms with Gasteiger partial charge in [-0.15, -0.1) is 0 Å². The van der Waals surface area contributed by atoms with Crippen LogP contribution in [0.15, 0.2) is 42.5 Å². The first-order valence-corrected chi connectivity index (χ1v) is 8.96. The average molecular weight is 327 g/mol. The summed E-state index contributed by atoms with van der Waals surface area (Å²) >= 11 is 0. The van der Waals surface area contributed by atoms with Gasteiger partial charge in [0, 0.05) is 19.0 Å². The maximum Gasteiger partial charge on any atom is 0.161 e. The highest BCUT2D eigenvalue weighted by Crippen LogP contribution is 2.25. The second kappa shape index (κ2) is 7.51. The standard InChI is InChI=1S/C20H25NO3/c1-2-5-17-14-19(8-7-16(17)4-1)22-11-10-21-9-3-6-18(15-21)20-23-12-13-24-20/h1-2,4-5,7-8,14,18,20H,3,6,9-13,15H2. The Morgan fingerprint density at radius 1 is 1.04 bits per heavy atom. The Morgan fingerprint density at radius 3 is 2.75 bits per heavy atom. The number of benzene rings is 2. The van der Waals surface area contributed by atoms with E-state index >= 15 is 0 Å². The molecule has 2 saturated heterocycles. The fraction of sp³-hybridized carbons (Fsp3) is 0.500. The first-order chi connectivity index (χ1) is 11.9. The summed E-state index contributed by atoms with van der Waals surface area (Å²) in [5.74, 6) is 1.45. The summed E-state index contributed by atoms with van der Waals surface area (Å²) in [5, 5.41) is 2.48. The Balaban J connectivity index is 1.28. The third-order valence-electron chi connectivity index (χ3n) is 4.97. The molecule has 2 aliphatic rings. The minimum absolute atomic E-state index is 0.00852. The topological polar surface area (TPSA) is 30.9 Å². The molecular formula is C20H25NO3. The number of hydrogen-bond acceptors (Lipinski definition) is 4. The zero-order chi connectivity index (χ0) is 16.2. The molecule has 4 nitrogen and oxygen atoms in total. The molecule has 2 aliphatic heterocycles. The molecule has 4 rings (SSSR count). The van der Waals surface area contributed by atoms with Gasteiger partial charge in [0.05, 0.1) is 13.2 Å². The van der Waals surface area contributed by atoms with E-state index in [4.69, 9.17) is 14.2 Å². The SMILES string of the molecule is c1ccc2cc(OCCN3CCCC(C4OCCO4)C3)ccc2c1. The van der Waals surface area contributed by atoms with E-state index in [0.29, 0.717) is 5.92 Å². The first kappa shape index (κ1) is 15.9. The fourth-order valence-electron chi connectivity index (χ4n) is 3.72. The number of likely N-dealkylation sites (tertiary alicyclic amines) is 1. The van der Waals surface area contributed by atoms with Crippen LogP contribution in [0, 0.1) is 5.92 Å². The lowest BCUT2D eigenvalue weighted by atomic mass is 9.97. The minimum atomic E-state index is 0.00852. The molecule has 2 fully saturated rings. The van der Waals surface area contributed by atoms with Crippen LogP contribution in [0.5, 0.6) is 5.75 Å². The van der Waals surface area contributed by atoms with E-state index in [2.05, 4.69) is 47.4 Å². The molecule has 0 aliphatic carbocycles. The van der Waals surface area contributed by atoms with Crippen molar-refractivity contribution in [1.29, 1.82) is 0 Å². The van der Waals surface area contributed by atoms with E-state index in [-0.39, 0.29) is 6.29 Å². The molecular weight excluding hydrogens is 302 g/mol. The van der Waals surface area contributed by atoms with Crippen LogP contribution in [-0.2, 0) is 9.47 Å². The van der Waals surface area contributed by atoms with Crippen molar-refractivity contribution in [3.05, 3.63) is 42.5 Å². The highest BCUT2D eigenvalue weighted by molar-refractivity contribution is 5.83. The summed E-state index contributed by atoms with van der Waals surface area (Å²) < 4.78 is 17.3. The van der Waals surface area contributed by atoms with Gasteiger partial charge in [-0.1, -0.05) is 30.3 Å². The highest BCUT2D eigenvalue weighted by atomic mass is 16.7. The van der Waals surface area contributed by atoms with Crippen LogP contribution in [0.1, 0.15) is 12.8 Å². The zero-order valence-electron chi connectivity index (χ0n) is 14.0. The first-order valence-electron chi connectivity index (χ1n) is 8.96. The Kier molecular flexibility index (Phi) is 4.97. The fourth-order valence-corrected chi connectivity index (χ4v) is 3.72. The predicted molar refractivity (Wildman–Crippen MR) is 94.3 cm³/mol. The lowest BCUT2D eigenvalue weighted by molar-refractivity contribution is -0.100. The molecule has 0 spiro atoms. The van der Waals surface area contributed by atoms with Crippen LogP contribution in [0.2, 0.25) is 0 Å². The summed E-state index contributed by atoms with van der Waals surface area (Å²) in [4.78, 5) is 2.47. The normalized spacial score (nSPS) is 22.9.